The van der Waals surface area contributed by atoms with Crippen LogP contribution in [-0.4, -0.2) is 22.6 Å². The number of likely N-dealkylation sites (N-methyl/N-ethyl adjacent to an activating group) is 1. The van der Waals surface area contributed by atoms with Crippen LogP contribution in [0.2, 0.25) is 5.02 Å². The van der Waals surface area contributed by atoms with E-state index in [2.05, 4.69) is 28.3 Å². The van der Waals surface area contributed by atoms with E-state index in [4.69, 9.17) is 11.6 Å². The van der Waals surface area contributed by atoms with Crippen LogP contribution in [0.5, 0.6) is 0 Å². The zero-order valence-corrected chi connectivity index (χ0v) is 12.5. The normalized spacial score (nSPS) is 12.3. The van der Waals surface area contributed by atoms with Crippen molar-refractivity contribution in [3.63, 3.8) is 0 Å². The summed E-state index contributed by atoms with van der Waals surface area (Å²) in [6, 6.07) is 8.45. The summed E-state index contributed by atoms with van der Waals surface area (Å²) in [4.78, 5) is 8.40. The number of aryl methyl sites for hydroxylation is 1. The predicted octanol–water partition coefficient (Wildman–Crippen LogP) is 3.28. The Morgan fingerprint density at radius 3 is 2.85 bits per heavy atom. The molecule has 0 amide bonds. The van der Waals surface area contributed by atoms with Crippen LogP contribution in [-0.2, 0) is 12.8 Å². The van der Waals surface area contributed by atoms with Gasteiger partial charge in [0.1, 0.15) is 0 Å². The molecule has 1 N–H and O–H groups in total. The number of aromatic nitrogens is 2. The fraction of sp³-hybridized carbons (Fsp3) is 0.375. The van der Waals surface area contributed by atoms with Gasteiger partial charge in [-0.25, -0.2) is 0 Å². The number of nitrogens with zero attached hydrogens (tertiary/aromatic N) is 2. The van der Waals surface area contributed by atoms with Crippen LogP contribution in [0.25, 0.3) is 0 Å². The van der Waals surface area contributed by atoms with Gasteiger partial charge in [-0.15, -0.1) is 0 Å². The van der Waals surface area contributed by atoms with Gasteiger partial charge in [-0.1, -0.05) is 24.6 Å². The third-order valence-corrected chi connectivity index (χ3v) is 3.63. The minimum absolute atomic E-state index is 0.405. The largest absolute Gasteiger partial charge is 0.314 e. The van der Waals surface area contributed by atoms with Crippen molar-refractivity contribution < 1.29 is 0 Å². The third kappa shape index (κ3) is 4.58. The number of pyridine rings is 2. The monoisotopic (exact) mass is 289 g/mol. The molecule has 2 rings (SSSR count). The van der Waals surface area contributed by atoms with Gasteiger partial charge in [0.05, 0.1) is 5.02 Å². The predicted molar refractivity (Wildman–Crippen MR) is 83.0 cm³/mol. The van der Waals surface area contributed by atoms with Crippen LogP contribution in [0.1, 0.15) is 24.6 Å². The van der Waals surface area contributed by atoms with Gasteiger partial charge in [-0.2, -0.15) is 0 Å². The van der Waals surface area contributed by atoms with E-state index in [0.29, 0.717) is 6.04 Å². The van der Waals surface area contributed by atoms with Crippen LogP contribution in [0.4, 0.5) is 0 Å². The molecule has 1 unspecified atom stereocenters. The molecule has 0 aliphatic carbocycles. The standard InChI is InChI=1S/C16H20ClN3/c1-2-19-15(7-6-14-5-3-4-9-20-14)11-13-8-10-18-12-16(13)17/h3-5,8-10,12,15,19H,2,6-7,11H2,1H3. The maximum Gasteiger partial charge on any atom is 0.0621 e. The van der Waals surface area contributed by atoms with Gasteiger partial charge < -0.3 is 5.32 Å². The van der Waals surface area contributed by atoms with Crippen LogP contribution in [0, 0.1) is 0 Å². The summed E-state index contributed by atoms with van der Waals surface area (Å²) in [7, 11) is 0. The molecule has 0 bridgehead atoms. The van der Waals surface area contributed by atoms with E-state index in [-0.39, 0.29) is 0 Å². The maximum atomic E-state index is 6.18. The summed E-state index contributed by atoms with van der Waals surface area (Å²) < 4.78 is 0. The second kappa shape index (κ2) is 7.98. The molecule has 0 radical (unpaired) electrons. The molecule has 3 nitrogen and oxygen atoms in total. The Bertz CT molecular complexity index is 516. The Hall–Kier alpha value is -1.45. The van der Waals surface area contributed by atoms with E-state index in [9.17, 15) is 0 Å². The summed E-state index contributed by atoms with van der Waals surface area (Å²) in [6.45, 7) is 3.08. The van der Waals surface area contributed by atoms with Crippen molar-refractivity contribution in [2.45, 2.75) is 32.2 Å². The zero-order valence-electron chi connectivity index (χ0n) is 11.7. The Labute approximate surface area is 125 Å². The topological polar surface area (TPSA) is 37.8 Å². The minimum atomic E-state index is 0.405. The molecular formula is C16H20ClN3. The Balaban J connectivity index is 1.95. The second-order valence-corrected chi connectivity index (χ2v) is 5.19. The van der Waals surface area contributed by atoms with E-state index in [0.717, 1.165) is 42.1 Å². The zero-order chi connectivity index (χ0) is 14.2. The highest BCUT2D eigenvalue weighted by molar-refractivity contribution is 6.31. The van der Waals surface area contributed by atoms with Gasteiger partial charge in [0.25, 0.3) is 0 Å². The number of halogens is 1. The first kappa shape index (κ1) is 14.9. The van der Waals surface area contributed by atoms with Crippen molar-refractivity contribution in [3.05, 3.63) is 59.1 Å². The summed E-state index contributed by atoms with van der Waals surface area (Å²) in [6.07, 6.45) is 8.28. The van der Waals surface area contributed by atoms with E-state index in [1.165, 1.54) is 0 Å². The molecule has 1 atom stereocenters. The number of hydrogen-bond donors (Lipinski definition) is 1. The van der Waals surface area contributed by atoms with Gasteiger partial charge in [0, 0.05) is 30.3 Å². The molecule has 2 aromatic rings. The number of nitrogens with one attached hydrogen (secondary N) is 1. The van der Waals surface area contributed by atoms with E-state index in [1.54, 1.807) is 12.4 Å². The van der Waals surface area contributed by atoms with Gasteiger partial charge in [0.2, 0.25) is 0 Å². The van der Waals surface area contributed by atoms with Gasteiger partial charge >= 0.3 is 0 Å². The van der Waals surface area contributed by atoms with E-state index < -0.39 is 0 Å². The minimum Gasteiger partial charge on any atom is -0.314 e. The lowest BCUT2D eigenvalue weighted by Gasteiger charge is -2.18. The molecule has 0 spiro atoms. The van der Waals surface area contributed by atoms with Gasteiger partial charge in [-0.3, -0.25) is 9.97 Å². The van der Waals surface area contributed by atoms with Crippen LogP contribution >= 0.6 is 11.6 Å². The average molecular weight is 290 g/mol. The van der Waals surface area contributed by atoms with E-state index in [1.807, 2.05) is 24.4 Å². The van der Waals surface area contributed by atoms with Gasteiger partial charge in [0.15, 0.2) is 0 Å². The molecular weight excluding hydrogens is 270 g/mol. The Morgan fingerprint density at radius 1 is 1.25 bits per heavy atom. The first-order valence-corrected chi connectivity index (χ1v) is 7.39. The van der Waals surface area contributed by atoms with Crippen LogP contribution in [0.3, 0.4) is 0 Å². The molecule has 106 valence electrons. The highest BCUT2D eigenvalue weighted by atomic mass is 35.5. The molecule has 2 heterocycles. The van der Waals surface area contributed by atoms with Crippen molar-refractivity contribution in [2.24, 2.45) is 0 Å². The van der Waals surface area contributed by atoms with Crippen molar-refractivity contribution in [1.82, 2.24) is 15.3 Å². The lowest BCUT2D eigenvalue weighted by atomic mass is 10.0. The first-order chi connectivity index (χ1) is 9.79. The molecule has 0 saturated carbocycles. The molecule has 4 heteroatoms. The van der Waals surface area contributed by atoms with Crippen molar-refractivity contribution in [1.29, 1.82) is 0 Å². The number of rotatable bonds is 7. The molecule has 0 aliphatic rings. The summed E-state index contributed by atoms with van der Waals surface area (Å²) in [5.41, 5.74) is 2.28. The molecule has 0 saturated heterocycles. The molecule has 2 aromatic heterocycles. The number of hydrogen-bond acceptors (Lipinski definition) is 3. The molecule has 0 aliphatic heterocycles. The smallest absolute Gasteiger partial charge is 0.0621 e. The Morgan fingerprint density at radius 2 is 2.15 bits per heavy atom. The van der Waals surface area contributed by atoms with Crippen LogP contribution in [0.15, 0.2) is 42.9 Å². The summed E-state index contributed by atoms with van der Waals surface area (Å²) >= 11 is 6.18. The maximum absolute atomic E-state index is 6.18. The fourth-order valence-electron chi connectivity index (χ4n) is 2.27. The highest BCUT2D eigenvalue weighted by Gasteiger charge is 2.11. The Kier molecular flexibility index (Phi) is 5.96. The SMILES string of the molecule is CCNC(CCc1ccccn1)Cc1ccncc1Cl. The van der Waals surface area contributed by atoms with Gasteiger partial charge in [-0.05, 0) is 49.6 Å². The average Bonchev–Trinajstić information content (AvgIpc) is 2.48. The quantitative estimate of drug-likeness (QED) is 0.850. The first-order valence-electron chi connectivity index (χ1n) is 7.01. The highest BCUT2D eigenvalue weighted by Crippen LogP contribution is 2.17. The second-order valence-electron chi connectivity index (χ2n) is 4.79. The lowest BCUT2D eigenvalue weighted by Crippen LogP contribution is -2.31. The van der Waals surface area contributed by atoms with Crippen molar-refractivity contribution >= 4 is 11.6 Å². The van der Waals surface area contributed by atoms with Crippen molar-refractivity contribution in [2.75, 3.05) is 6.54 Å². The lowest BCUT2D eigenvalue weighted by molar-refractivity contribution is 0.489. The summed E-state index contributed by atoms with van der Waals surface area (Å²) in [5, 5.41) is 4.27. The van der Waals surface area contributed by atoms with E-state index >= 15 is 0 Å². The molecule has 0 fully saturated rings. The van der Waals surface area contributed by atoms with Crippen molar-refractivity contribution in [3.8, 4) is 0 Å². The summed E-state index contributed by atoms with van der Waals surface area (Å²) in [5.74, 6) is 0. The molecule has 0 aromatic carbocycles. The molecule has 20 heavy (non-hydrogen) atoms. The van der Waals surface area contributed by atoms with Crippen LogP contribution < -0.4 is 5.32 Å². The fourth-order valence-corrected chi connectivity index (χ4v) is 2.46. The third-order valence-electron chi connectivity index (χ3n) is 3.29.